The Morgan fingerprint density at radius 3 is 3.12 bits per heavy atom. The lowest BCUT2D eigenvalue weighted by molar-refractivity contribution is 0.0794. The molecule has 16 heavy (non-hydrogen) atoms. The van der Waals surface area contributed by atoms with E-state index < -0.39 is 0 Å². The SMILES string of the molecule is CCCc1nnsc1C(=O)N1CC[C@@H](N)C1. The summed E-state index contributed by atoms with van der Waals surface area (Å²) in [6.45, 7) is 3.48. The van der Waals surface area contributed by atoms with Crippen LogP contribution in [0.1, 0.15) is 35.1 Å². The zero-order valence-electron chi connectivity index (χ0n) is 9.35. The maximum atomic E-state index is 12.2. The van der Waals surface area contributed by atoms with E-state index in [0.717, 1.165) is 31.5 Å². The van der Waals surface area contributed by atoms with E-state index in [1.165, 1.54) is 11.5 Å². The maximum Gasteiger partial charge on any atom is 0.267 e. The van der Waals surface area contributed by atoms with E-state index >= 15 is 0 Å². The molecule has 1 aliphatic heterocycles. The summed E-state index contributed by atoms with van der Waals surface area (Å²) in [7, 11) is 0. The zero-order valence-corrected chi connectivity index (χ0v) is 10.2. The molecule has 1 aromatic rings. The quantitative estimate of drug-likeness (QED) is 0.842. The smallest absolute Gasteiger partial charge is 0.267 e. The molecule has 1 fully saturated rings. The second-order valence-electron chi connectivity index (χ2n) is 4.10. The van der Waals surface area contributed by atoms with Crippen LogP contribution in [0, 0.1) is 0 Å². The highest BCUT2D eigenvalue weighted by molar-refractivity contribution is 7.08. The molecule has 0 aromatic carbocycles. The molecule has 0 bridgehead atoms. The second kappa shape index (κ2) is 4.88. The predicted molar refractivity (Wildman–Crippen MR) is 62.4 cm³/mol. The predicted octanol–water partition coefficient (Wildman–Crippen LogP) is 0.664. The summed E-state index contributed by atoms with van der Waals surface area (Å²) in [6.07, 6.45) is 2.68. The van der Waals surface area contributed by atoms with Crippen LogP contribution in [0.5, 0.6) is 0 Å². The molecule has 0 saturated carbocycles. The van der Waals surface area contributed by atoms with Crippen molar-refractivity contribution in [2.24, 2.45) is 5.73 Å². The molecule has 0 spiro atoms. The van der Waals surface area contributed by atoms with Crippen molar-refractivity contribution in [3.8, 4) is 0 Å². The van der Waals surface area contributed by atoms with Gasteiger partial charge in [0.05, 0.1) is 5.69 Å². The van der Waals surface area contributed by atoms with Gasteiger partial charge in [0.15, 0.2) is 0 Å². The van der Waals surface area contributed by atoms with Gasteiger partial charge in [0.1, 0.15) is 4.88 Å². The molecule has 1 aromatic heterocycles. The van der Waals surface area contributed by atoms with E-state index in [-0.39, 0.29) is 11.9 Å². The summed E-state index contributed by atoms with van der Waals surface area (Å²) in [6, 6.07) is 0.124. The van der Waals surface area contributed by atoms with Gasteiger partial charge in [0.25, 0.3) is 5.91 Å². The number of likely N-dealkylation sites (tertiary alicyclic amines) is 1. The Bertz CT molecular complexity index is 379. The number of carbonyl (C=O) groups is 1. The lowest BCUT2D eigenvalue weighted by atomic mass is 10.2. The van der Waals surface area contributed by atoms with Crippen LogP contribution in [0.25, 0.3) is 0 Å². The van der Waals surface area contributed by atoms with Crippen molar-refractivity contribution in [3.05, 3.63) is 10.6 Å². The Hall–Kier alpha value is -1.01. The first-order valence-electron chi connectivity index (χ1n) is 5.58. The molecule has 1 saturated heterocycles. The van der Waals surface area contributed by atoms with E-state index in [4.69, 9.17) is 5.73 Å². The first-order chi connectivity index (χ1) is 7.72. The third-order valence-corrected chi connectivity index (χ3v) is 3.50. The summed E-state index contributed by atoms with van der Waals surface area (Å²) in [4.78, 5) is 14.6. The Kier molecular flexibility index (Phi) is 3.50. The van der Waals surface area contributed by atoms with Gasteiger partial charge in [-0.3, -0.25) is 4.79 Å². The fourth-order valence-corrected chi connectivity index (χ4v) is 2.56. The molecule has 0 radical (unpaired) electrons. The number of carbonyl (C=O) groups excluding carboxylic acids is 1. The second-order valence-corrected chi connectivity index (χ2v) is 4.85. The van der Waals surface area contributed by atoms with Gasteiger partial charge in [-0.05, 0) is 24.4 Å². The lowest BCUT2D eigenvalue weighted by Crippen LogP contribution is -2.31. The zero-order chi connectivity index (χ0) is 11.5. The minimum absolute atomic E-state index is 0.0476. The van der Waals surface area contributed by atoms with Crippen LogP contribution in [-0.2, 0) is 6.42 Å². The van der Waals surface area contributed by atoms with Gasteiger partial charge in [-0.2, -0.15) is 0 Å². The van der Waals surface area contributed by atoms with E-state index in [1.54, 1.807) is 4.90 Å². The molecule has 0 unspecified atom stereocenters. The van der Waals surface area contributed by atoms with Gasteiger partial charge in [-0.25, -0.2) is 0 Å². The monoisotopic (exact) mass is 240 g/mol. The molecule has 2 rings (SSSR count). The van der Waals surface area contributed by atoms with Crippen LogP contribution in [0.4, 0.5) is 0 Å². The molecule has 88 valence electrons. The molecule has 1 atom stereocenters. The molecule has 6 heteroatoms. The maximum absolute atomic E-state index is 12.2. The van der Waals surface area contributed by atoms with Crippen LogP contribution in [-0.4, -0.2) is 39.5 Å². The average molecular weight is 240 g/mol. The van der Waals surface area contributed by atoms with Crippen LogP contribution in [0.2, 0.25) is 0 Å². The van der Waals surface area contributed by atoms with Crippen LogP contribution < -0.4 is 5.73 Å². The summed E-state index contributed by atoms with van der Waals surface area (Å²) in [5.74, 6) is 0.0476. The average Bonchev–Trinajstić information content (AvgIpc) is 2.87. The Morgan fingerprint density at radius 1 is 1.69 bits per heavy atom. The molecule has 0 aliphatic carbocycles. The van der Waals surface area contributed by atoms with Gasteiger partial charge in [-0.15, -0.1) is 5.10 Å². The van der Waals surface area contributed by atoms with Crippen molar-refractivity contribution in [1.82, 2.24) is 14.5 Å². The highest BCUT2D eigenvalue weighted by atomic mass is 32.1. The minimum atomic E-state index is 0.0476. The standard InChI is InChI=1S/C10H16N4OS/c1-2-3-8-9(16-13-12-8)10(15)14-5-4-7(11)6-14/h7H,2-6,11H2,1H3/t7-/m1/s1. The summed E-state index contributed by atoms with van der Waals surface area (Å²) < 4.78 is 3.87. The highest BCUT2D eigenvalue weighted by Crippen LogP contribution is 2.18. The van der Waals surface area contributed by atoms with Crippen molar-refractivity contribution < 1.29 is 4.79 Å². The molecule has 2 heterocycles. The summed E-state index contributed by atoms with van der Waals surface area (Å²) in [5, 5.41) is 4.01. The summed E-state index contributed by atoms with van der Waals surface area (Å²) >= 11 is 1.19. The number of hydrogen-bond donors (Lipinski definition) is 1. The minimum Gasteiger partial charge on any atom is -0.336 e. The van der Waals surface area contributed by atoms with Crippen molar-refractivity contribution in [2.75, 3.05) is 13.1 Å². The third-order valence-electron chi connectivity index (χ3n) is 2.75. The van der Waals surface area contributed by atoms with Gasteiger partial charge in [0, 0.05) is 19.1 Å². The van der Waals surface area contributed by atoms with E-state index in [9.17, 15) is 4.79 Å². The number of hydrogen-bond acceptors (Lipinski definition) is 5. The van der Waals surface area contributed by atoms with Crippen molar-refractivity contribution in [2.45, 2.75) is 32.2 Å². The van der Waals surface area contributed by atoms with Gasteiger partial charge in [0.2, 0.25) is 0 Å². The number of aromatic nitrogens is 2. The normalized spacial score (nSPS) is 20.4. The molecule has 1 amide bonds. The largest absolute Gasteiger partial charge is 0.336 e. The molecular formula is C10H16N4OS. The first kappa shape index (κ1) is 11.5. The van der Waals surface area contributed by atoms with E-state index in [1.807, 2.05) is 0 Å². The Labute approximate surface area is 98.8 Å². The molecule has 1 aliphatic rings. The first-order valence-corrected chi connectivity index (χ1v) is 6.35. The number of amides is 1. The topological polar surface area (TPSA) is 72.1 Å². The van der Waals surface area contributed by atoms with Crippen LogP contribution in [0.3, 0.4) is 0 Å². The number of nitrogens with two attached hydrogens (primary N) is 1. The number of aryl methyl sites for hydroxylation is 1. The fourth-order valence-electron chi connectivity index (χ4n) is 1.89. The highest BCUT2D eigenvalue weighted by Gasteiger charge is 2.27. The molecule has 2 N–H and O–H groups in total. The van der Waals surface area contributed by atoms with Gasteiger partial charge < -0.3 is 10.6 Å². The molecular weight excluding hydrogens is 224 g/mol. The Balaban J connectivity index is 2.11. The molecule has 5 nitrogen and oxygen atoms in total. The number of rotatable bonds is 3. The summed E-state index contributed by atoms with van der Waals surface area (Å²) in [5.41, 5.74) is 6.62. The third kappa shape index (κ3) is 2.22. The van der Waals surface area contributed by atoms with Gasteiger partial charge >= 0.3 is 0 Å². The Morgan fingerprint density at radius 2 is 2.50 bits per heavy atom. The van der Waals surface area contributed by atoms with Crippen molar-refractivity contribution >= 4 is 17.4 Å². The van der Waals surface area contributed by atoms with E-state index in [0.29, 0.717) is 11.4 Å². The van der Waals surface area contributed by atoms with Gasteiger partial charge in [-0.1, -0.05) is 17.8 Å². The lowest BCUT2D eigenvalue weighted by Gasteiger charge is -2.14. The number of nitrogens with zero attached hydrogens (tertiary/aromatic N) is 3. The van der Waals surface area contributed by atoms with Crippen LogP contribution in [0.15, 0.2) is 0 Å². The van der Waals surface area contributed by atoms with Crippen molar-refractivity contribution in [3.63, 3.8) is 0 Å². The van der Waals surface area contributed by atoms with E-state index in [2.05, 4.69) is 16.5 Å². The van der Waals surface area contributed by atoms with Crippen LogP contribution >= 0.6 is 11.5 Å². The fraction of sp³-hybridized carbons (Fsp3) is 0.700. The van der Waals surface area contributed by atoms with Crippen molar-refractivity contribution in [1.29, 1.82) is 0 Å².